The molecule has 0 spiro atoms. The van der Waals surface area contributed by atoms with Crippen LogP contribution in [0.5, 0.6) is 5.75 Å². The van der Waals surface area contributed by atoms with Gasteiger partial charge in [0, 0.05) is 13.1 Å². The Hall–Kier alpha value is -3.23. The molecule has 0 atom stereocenters. The van der Waals surface area contributed by atoms with Crippen LogP contribution < -0.4 is 14.8 Å². The molecular weight excluding hydrogens is 431 g/mol. The van der Waals surface area contributed by atoms with E-state index in [1.807, 2.05) is 31.2 Å². The third kappa shape index (κ3) is 6.90. The smallest absolute Gasteiger partial charge is 0.240 e. The summed E-state index contributed by atoms with van der Waals surface area (Å²) in [6.07, 6.45) is 0.208. The van der Waals surface area contributed by atoms with Gasteiger partial charge in [-0.1, -0.05) is 36.4 Å². The second-order valence-electron chi connectivity index (χ2n) is 7.13. The van der Waals surface area contributed by atoms with E-state index in [1.54, 1.807) is 18.2 Å². The van der Waals surface area contributed by atoms with Crippen LogP contribution in [0.4, 0.5) is 4.39 Å². The first-order valence-electron chi connectivity index (χ1n) is 10.2. The highest BCUT2D eigenvalue weighted by molar-refractivity contribution is 7.89. The quantitative estimate of drug-likeness (QED) is 0.489. The summed E-state index contributed by atoms with van der Waals surface area (Å²) in [5, 5.41) is 2.80. The molecule has 8 heteroatoms. The third-order valence-electron chi connectivity index (χ3n) is 4.65. The number of nitrogens with one attached hydrogen (secondary N) is 2. The van der Waals surface area contributed by atoms with Gasteiger partial charge in [0.2, 0.25) is 15.9 Å². The van der Waals surface area contributed by atoms with Crippen molar-refractivity contribution in [2.75, 3.05) is 6.61 Å². The van der Waals surface area contributed by atoms with Crippen molar-refractivity contribution in [3.05, 3.63) is 95.3 Å². The molecule has 0 aliphatic rings. The van der Waals surface area contributed by atoms with Gasteiger partial charge in [-0.05, 0) is 60.0 Å². The zero-order valence-corrected chi connectivity index (χ0v) is 18.5. The molecular formula is C24H25FN2O4S. The molecule has 0 bridgehead atoms. The first kappa shape index (κ1) is 23.4. The maximum absolute atomic E-state index is 13.3. The number of carbonyl (C=O) groups excluding carboxylic acids is 1. The van der Waals surface area contributed by atoms with Crippen molar-refractivity contribution in [1.29, 1.82) is 0 Å². The molecule has 0 unspecified atom stereocenters. The standard InChI is InChI=1S/C24H25FN2O4S/c1-2-31-22-11-9-18(10-12-22)15-24(28)26-16-20-6-4-8-23(14-20)32(29,30)27-17-19-5-3-7-21(25)13-19/h3-14,27H,2,15-17H2,1H3,(H,26,28). The summed E-state index contributed by atoms with van der Waals surface area (Å²) < 4.78 is 46.3. The van der Waals surface area contributed by atoms with Crippen molar-refractivity contribution in [3.8, 4) is 5.75 Å². The van der Waals surface area contributed by atoms with Gasteiger partial charge in [-0.3, -0.25) is 4.79 Å². The molecule has 0 aliphatic heterocycles. The Labute approximate surface area is 187 Å². The number of hydrogen-bond acceptors (Lipinski definition) is 4. The first-order chi connectivity index (χ1) is 15.4. The number of carbonyl (C=O) groups is 1. The molecule has 168 valence electrons. The molecule has 32 heavy (non-hydrogen) atoms. The van der Waals surface area contributed by atoms with Crippen LogP contribution in [0, 0.1) is 5.82 Å². The fourth-order valence-corrected chi connectivity index (χ4v) is 4.14. The Morgan fingerprint density at radius 1 is 0.906 bits per heavy atom. The third-order valence-corrected chi connectivity index (χ3v) is 6.05. The lowest BCUT2D eigenvalue weighted by atomic mass is 10.1. The largest absolute Gasteiger partial charge is 0.494 e. The van der Waals surface area contributed by atoms with E-state index in [0.29, 0.717) is 17.7 Å². The van der Waals surface area contributed by atoms with Crippen LogP contribution in [0.3, 0.4) is 0 Å². The van der Waals surface area contributed by atoms with Crippen LogP contribution in [-0.2, 0) is 34.3 Å². The topological polar surface area (TPSA) is 84.5 Å². The van der Waals surface area contributed by atoms with Gasteiger partial charge in [-0.25, -0.2) is 17.5 Å². The zero-order chi connectivity index (χ0) is 23.0. The van der Waals surface area contributed by atoms with Crippen LogP contribution in [0.15, 0.2) is 77.7 Å². The molecule has 3 aromatic rings. The van der Waals surface area contributed by atoms with Crippen LogP contribution in [0.1, 0.15) is 23.6 Å². The molecule has 0 saturated carbocycles. The summed E-state index contributed by atoms with van der Waals surface area (Å²) in [4.78, 5) is 12.3. The molecule has 0 saturated heterocycles. The monoisotopic (exact) mass is 456 g/mol. The van der Waals surface area contributed by atoms with Crippen molar-refractivity contribution >= 4 is 15.9 Å². The molecule has 3 rings (SSSR count). The molecule has 0 heterocycles. The van der Waals surface area contributed by atoms with Gasteiger partial charge in [-0.2, -0.15) is 0 Å². The van der Waals surface area contributed by atoms with Crippen molar-refractivity contribution in [2.45, 2.75) is 31.3 Å². The molecule has 0 radical (unpaired) electrons. The Balaban J connectivity index is 1.56. The van der Waals surface area contributed by atoms with Gasteiger partial charge in [-0.15, -0.1) is 0 Å². The molecule has 1 amide bonds. The maximum atomic E-state index is 13.3. The summed E-state index contributed by atoms with van der Waals surface area (Å²) in [5.74, 6) is 0.150. The van der Waals surface area contributed by atoms with Crippen LogP contribution in [0.25, 0.3) is 0 Å². The average Bonchev–Trinajstić information content (AvgIpc) is 2.78. The number of rotatable bonds is 10. The van der Waals surface area contributed by atoms with E-state index in [-0.39, 0.29) is 30.3 Å². The van der Waals surface area contributed by atoms with Gasteiger partial charge < -0.3 is 10.1 Å². The Kier molecular flexibility index (Phi) is 7.97. The number of sulfonamides is 1. The van der Waals surface area contributed by atoms with Gasteiger partial charge in [0.05, 0.1) is 17.9 Å². The SMILES string of the molecule is CCOc1ccc(CC(=O)NCc2cccc(S(=O)(=O)NCc3cccc(F)c3)c2)cc1. The average molecular weight is 457 g/mol. The van der Waals surface area contributed by atoms with Crippen molar-refractivity contribution in [1.82, 2.24) is 10.0 Å². The lowest BCUT2D eigenvalue weighted by molar-refractivity contribution is -0.120. The molecule has 0 aliphatic carbocycles. The van der Waals surface area contributed by atoms with Crippen molar-refractivity contribution in [3.63, 3.8) is 0 Å². The second-order valence-corrected chi connectivity index (χ2v) is 8.90. The minimum absolute atomic E-state index is 0.0247. The van der Waals surface area contributed by atoms with Gasteiger partial charge >= 0.3 is 0 Å². The normalized spacial score (nSPS) is 11.2. The van der Waals surface area contributed by atoms with Crippen molar-refractivity contribution < 1.29 is 22.3 Å². The Morgan fingerprint density at radius 3 is 2.28 bits per heavy atom. The summed E-state index contributed by atoms with van der Waals surface area (Å²) in [7, 11) is -3.79. The summed E-state index contributed by atoms with van der Waals surface area (Å²) in [6.45, 7) is 2.66. The van der Waals surface area contributed by atoms with E-state index in [4.69, 9.17) is 4.74 Å². The van der Waals surface area contributed by atoms with E-state index in [9.17, 15) is 17.6 Å². The predicted octanol–water partition coefficient (Wildman–Crippen LogP) is 3.56. The minimum Gasteiger partial charge on any atom is -0.494 e. The molecule has 6 nitrogen and oxygen atoms in total. The van der Waals surface area contributed by atoms with Crippen LogP contribution >= 0.6 is 0 Å². The van der Waals surface area contributed by atoms with E-state index < -0.39 is 15.8 Å². The summed E-state index contributed by atoms with van der Waals surface area (Å²) in [6, 6.07) is 19.4. The highest BCUT2D eigenvalue weighted by atomic mass is 32.2. The van der Waals surface area contributed by atoms with Gasteiger partial charge in [0.25, 0.3) is 0 Å². The number of ether oxygens (including phenoxy) is 1. The second kappa shape index (κ2) is 10.9. The van der Waals surface area contributed by atoms with E-state index in [2.05, 4.69) is 10.0 Å². The lowest BCUT2D eigenvalue weighted by Gasteiger charge is -2.10. The fraction of sp³-hybridized carbons (Fsp3) is 0.208. The maximum Gasteiger partial charge on any atom is 0.240 e. The zero-order valence-electron chi connectivity index (χ0n) is 17.7. The lowest BCUT2D eigenvalue weighted by Crippen LogP contribution is -2.25. The predicted molar refractivity (Wildman–Crippen MR) is 120 cm³/mol. The first-order valence-corrected chi connectivity index (χ1v) is 11.7. The summed E-state index contributed by atoms with van der Waals surface area (Å²) >= 11 is 0. The summed E-state index contributed by atoms with van der Waals surface area (Å²) in [5.41, 5.74) is 2.02. The Bertz CT molecular complexity index is 1160. The molecule has 0 aromatic heterocycles. The number of benzene rings is 3. The van der Waals surface area contributed by atoms with Crippen LogP contribution in [0.2, 0.25) is 0 Å². The van der Waals surface area contributed by atoms with Crippen molar-refractivity contribution in [2.24, 2.45) is 0 Å². The van der Waals surface area contributed by atoms with Gasteiger partial charge in [0.15, 0.2) is 0 Å². The molecule has 0 fully saturated rings. The highest BCUT2D eigenvalue weighted by Crippen LogP contribution is 2.14. The molecule has 3 aromatic carbocycles. The number of amides is 1. The number of hydrogen-bond donors (Lipinski definition) is 2. The fourth-order valence-electron chi connectivity index (χ4n) is 3.05. The van der Waals surface area contributed by atoms with E-state index in [1.165, 1.54) is 30.3 Å². The Morgan fingerprint density at radius 2 is 1.59 bits per heavy atom. The number of halogens is 1. The minimum atomic E-state index is -3.79. The van der Waals surface area contributed by atoms with Gasteiger partial charge in [0.1, 0.15) is 11.6 Å². The van der Waals surface area contributed by atoms with E-state index in [0.717, 1.165) is 11.3 Å². The highest BCUT2D eigenvalue weighted by Gasteiger charge is 2.14. The van der Waals surface area contributed by atoms with Crippen LogP contribution in [-0.4, -0.2) is 20.9 Å². The molecule has 2 N–H and O–H groups in total. The van der Waals surface area contributed by atoms with E-state index >= 15 is 0 Å².